The smallest absolute Gasteiger partial charge is 0.283 e. The van der Waals surface area contributed by atoms with Crippen LogP contribution in [0.4, 0.5) is 5.82 Å². The van der Waals surface area contributed by atoms with E-state index in [9.17, 15) is 0 Å². The molecule has 1 aliphatic rings. The van der Waals surface area contributed by atoms with Gasteiger partial charge in [-0.15, -0.1) is 0 Å². The number of benzene rings is 1. The Labute approximate surface area is 189 Å². The molecule has 0 radical (unpaired) electrons. The zero-order valence-corrected chi connectivity index (χ0v) is 19.8. The highest BCUT2D eigenvalue weighted by atomic mass is 16.3. The van der Waals surface area contributed by atoms with Crippen LogP contribution in [0.2, 0.25) is 0 Å². The van der Waals surface area contributed by atoms with Crippen LogP contribution in [0, 0.1) is 13.8 Å². The normalized spacial score (nSPS) is 16.3. The highest BCUT2D eigenvalue weighted by Gasteiger charge is 2.35. The van der Waals surface area contributed by atoms with E-state index >= 15 is 0 Å². The molecule has 4 aromatic rings. The average molecular weight is 428 g/mol. The first kappa shape index (κ1) is 20.6. The molecule has 0 saturated heterocycles. The monoisotopic (exact) mass is 427 g/mol. The van der Waals surface area contributed by atoms with Crippen molar-refractivity contribution in [3.63, 3.8) is 0 Å². The molecule has 5 nitrogen and oxygen atoms in total. The van der Waals surface area contributed by atoms with Gasteiger partial charge in [0.2, 0.25) is 5.71 Å². The molecule has 32 heavy (non-hydrogen) atoms. The maximum atomic E-state index is 6.35. The molecule has 0 bridgehead atoms. The van der Waals surface area contributed by atoms with Crippen molar-refractivity contribution in [2.45, 2.75) is 53.2 Å². The van der Waals surface area contributed by atoms with Crippen molar-refractivity contribution < 1.29 is 8.98 Å². The molecule has 1 aromatic carbocycles. The van der Waals surface area contributed by atoms with E-state index in [1.165, 1.54) is 5.56 Å². The molecule has 3 aromatic heterocycles. The average Bonchev–Trinajstić information content (AvgIpc) is 3.35. The number of rotatable bonds is 4. The van der Waals surface area contributed by atoms with Crippen LogP contribution in [0.15, 0.2) is 59.3 Å². The summed E-state index contributed by atoms with van der Waals surface area (Å²) in [6.07, 6.45) is 5.77. The summed E-state index contributed by atoms with van der Waals surface area (Å²) < 4.78 is 8.63. The van der Waals surface area contributed by atoms with Gasteiger partial charge in [0, 0.05) is 41.2 Å². The van der Waals surface area contributed by atoms with Gasteiger partial charge in [0.25, 0.3) is 5.82 Å². The zero-order chi connectivity index (χ0) is 22.6. The van der Waals surface area contributed by atoms with E-state index in [-0.39, 0.29) is 0 Å². The highest BCUT2D eigenvalue weighted by Crippen LogP contribution is 2.37. The second kappa shape index (κ2) is 7.66. The fourth-order valence-corrected chi connectivity index (χ4v) is 4.96. The molecular weight excluding hydrogens is 396 g/mol. The Bertz CT molecular complexity index is 1350. The SMILES string of the molecule is CCC1N(c2cccc(-c3c(C)ccc4c3oc3nc(C)ccc34)[n+]2C)C=CN1C(C)C. The van der Waals surface area contributed by atoms with Crippen LogP contribution in [0.5, 0.6) is 0 Å². The lowest BCUT2D eigenvalue weighted by atomic mass is 10.0. The van der Waals surface area contributed by atoms with Gasteiger partial charge in [0.05, 0.1) is 12.6 Å². The fraction of sp³-hybridized carbons (Fsp3) is 0.333. The van der Waals surface area contributed by atoms with Crippen molar-refractivity contribution in [1.82, 2.24) is 9.88 Å². The minimum Gasteiger partial charge on any atom is -0.437 e. The van der Waals surface area contributed by atoms with Crippen LogP contribution in [0.1, 0.15) is 38.4 Å². The minimum atomic E-state index is 0.312. The van der Waals surface area contributed by atoms with E-state index in [2.05, 4.69) is 103 Å². The number of hydrogen-bond acceptors (Lipinski definition) is 4. The van der Waals surface area contributed by atoms with E-state index in [0.717, 1.165) is 45.5 Å². The summed E-state index contributed by atoms with van der Waals surface area (Å²) >= 11 is 0. The lowest BCUT2D eigenvalue weighted by Crippen LogP contribution is -2.47. The van der Waals surface area contributed by atoms with Crippen molar-refractivity contribution in [2.75, 3.05) is 4.90 Å². The molecule has 5 rings (SSSR count). The first-order valence-electron chi connectivity index (χ1n) is 11.4. The van der Waals surface area contributed by atoms with Gasteiger partial charge in [-0.25, -0.2) is 14.5 Å². The summed E-state index contributed by atoms with van der Waals surface area (Å²) in [6, 6.07) is 15.5. The Morgan fingerprint density at radius 2 is 1.81 bits per heavy atom. The molecular formula is C27H31N4O+. The zero-order valence-electron chi connectivity index (χ0n) is 19.8. The first-order chi connectivity index (χ1) is 15.4. The summed E-state index contributed by atoms with van der Waals surface area (Å²) in [4.78, 5) is 9.43. The Morgan fingerprint density at radius 1 is 1.03 bits per heavy atom. The molecule has 0 amide bonds. The van der Waals surface area contributed by atoms with Gasteiger partial charge in [-0.1, -0.05) is 19.1 Å². The van der Waals surface area contributed by atoms with Crippen molar-refractivity contribution >= 4 is 27.9 Å². The van der Waals surface area contributed by atoms with Crippen molar-refractivity contribution in [1.29, 1.82) is 0 Å². The molecule has 1 aliphatic heterocycles. The molecule has 0 N–H and O–H groups in total. The third-order valence-corrected chi connectivity index (χ3v) is 6.61. The summed E-state index contributed by atoms with van der Waals surface area (Å²) in [5.74, 6) is 1.16. The van der Waals surface area contributed by atoms with Gasteiger partial charge in [0.15, 0.2) is 6.17 Å². The topological polar surface area (TPSA) is 36.4 Å². The largest absolute Gasteiger partial charge is 0.437 e. The lowest BCUT2D eigenvalue weighted by Gasteiger charge is -2.30. The van der Waals surface area contributed by atoms with Gasteiger partial charge in [-0.05, 0) is 57.5 Å². The number of pyridine rings is 2. The van der Waals surface area contributed by atoms with Crippen molar-refractivity contribution in [2.24, 2.45) is 7.05 Å². The molecule has 0 spiro atoms. The molecule has 164 valence electrons. The first-order valence-corrected chi connectivity index (χ1v) is 11.4. The lowest BCUT2D eigenvalue weighted by molar-refractivity contribution is -0.647. The Hall–Kier alpha value is -3.34. The summed E-state index contributed by atoms with van der Waals surface area (Å²) in [6.45, 7) is 10.9. The maximum absolute atomic E-state index is 6.35. The van der Waals surface area contributed by atoms with Gasteiger partial charge in [0.1, 0.15) is 17.5 Å². The second-order valence-electron chi connectivity index (χ2n) is 9.01. The fourth-order valence-electron chi connectivity index (χ4n) is 4.96. The van der Waals surface area contributed by atoms with E-state index in [0.29, 0.717) is 17.9 Å². The van der Waals surface area contributed by atoms with Crippen LogP contribution in [0.25, 0.3) is 33.3 Å². The van der Waals surface area contributed by atoms with Crippen LogP contribution in [-0.2, 0) is 7.05 Å². The van der Waals surface area contributed by atoms with E-state index in [1.54, 1.807) is 0 Å². The van der Waals surface area contributed by atoms with E-state index in [4.69, 9.17) is 4.42 Å². The number of fused-ring (bicyclic) bond motifs is 3. The summed E-state index contributed by atoms with van der Waals surface area (Å²) in [5, 5.41) is 2.17. The third-order valence-electron chi connectivity index (χ3n) is 6.61. The molecule has 0 fully saturated rings. The predicted octanol–water partition coefficient (Wildman–Crippen LogP) is 5.83. The second-order valence-corrected chi connectivity index (χ2v) is 9.01. The summed E-state index contributed by atoms with van der Waals surface area (Å²) in [7, 11) is 2.15. The van der Waals surface area contributed by atoms with Crippen LogP contribution in [-0.4, -0.2) is 22.1 Å². The number of aromatic nitrogens is 2. The number of nitrogens with zero attached hydrogens (tertiary/aromatic N) is 4. The molecule has 4 heterocycles. The standard InChI is InChI=1S/C27H31N4O/c1-7-23-30(17(2)3)15-16-31(23)24-10-8-9-22(29(24)6)25-18(4)11-13-20-21-14-12-19(5)28-27(21)32-26(20)25/h8-17,23H,7H2,1-6H3/q+1. The van der Waals surface area contributed by atoms with Crippen LogP contribution in [0.3, 0.4) is 0 Å². The van der Waals surface area contributed by atoms with Gasteiger partial charge in [-0.2, -0.15) is 0 Å². The van der Waals surface area contributed by atoms with E-state index < -0.39 is 0 Å². The number of aryl methyl sites for hydroxylation is 2. The molecule has 5 heteroatoms. The molecule has 1 atom stereocenters. The quantitative estimate of drug-likeness (QED) is 0.384. The van der Waals surface area contributed by atoms with Crippen LogP contribution < -0.4 is 9.47 Å². The van der Waals surface area contributed by atoms with Crippen molar-refractivity contribution in [3.8, 4) is 11.3 Å². The Morgan fingerprint density at radius 3 is 2.56 bits per heavy atom. The van der Waals surface area contributed by atoms with Crippen LogP contribution >= 0.6 is 0 Å². The number of furan rings is 1. The third kappa shape index (κ3) is 3.07. The molecule has 0 saturated carbocycles. The van der Waals surface area contributed by atoms with Crippen molar-refractivity contribution in [3.05, 3.63) is 66.1 Å². The molecule has 0 aliphatic carbocycles. The van der Waals surface area contributed by atoms with E-state index in [1.807, 2.05) is 13.0 Å². The minimum absolute atomic E-state index is 0.312. The predicted molar refractivity (Wildman–Crippen MR) is 130 cm³/mol. The Kier molecular flexibility index (Phi) is 4.92. The highest BCUT2D eigenvalue weighted by molar-refractivity contribution is 6.08. The van der Waals surface area contributed by atoms with Gasteiger partial charge in [-0.3, -0.25) is 0 Å². The number of anilines is 1. The summed E-state index contributed by atoms with van der Waals surface area (Å²) in [5.41, 5.74) is 6.01. The maximum Gasteiger partial charge on any atom is 0.283 e. The van der Waals surface area contributed by atoms with Gasteiger partial charge < -0.3 is 9.32 Å². The molecule has 1 unspecified atom stereocenters. The Balaban J connectivity index is 1.69. The number of hydrogen-bond donors (Lipinski definition) is 0. The van der Waals surface area contributed by atoms with Gasteiger partial charge >= 0.3 is 0 Å².